The van der Waals surface area contributed by atoms with E-state index in [2.05, 4.69) is 26.9 Å². The van der Waals surface area contributed by atoms with Crippen molar-refractivity contribution in [2.24, 2.45) is 0 Å². The van der Waals surface area contributed by atoms with Gasteiger partial charge in [-0.1, -0.05) is 19.3 Å². The third-order valence-electron chi connectivity index (χ3n) is 3.95. The highest BCUT2D eigenvalue weighted by atomic mass is 15.2. The molecule has 2 heterocycles. The molecule has 0 aliphatic heterocycles. The van der Waals surface area contributed by atoms with E-state index in [9.17, 15) is 0 Å². The van der Waals surface area contributed by atoms with Crippen molar-refractivity contribution in [3.63, 3.8) is 0 Å². The van der Waals surface area contributed by atoms with Crippen LogP contribution < -0.4 is 10.6 Å². The molecule has 0 spiro atoms. The standard InChI is InChI=1S/C14H19N5/c1-19(10-5-3-2-4-6-10)14-11-7-8-12(15)18-13(11)16-9-17-14/h7-10H,2-6H2,1H3,(H2,15,16,17,18). The van der Waals surface area contributed by atoms with Gasteiger partial charge in [0, 0.05) is 13.1 Å². The van der Waals surface area contributed by atoms with Crippen molar-refractivity contribution in [3.05, 3.63) is 18.5 Å². The van der Waals surface area contributed by atoms with Gasteiger partial charge in [0.05, 0.1) is 5.39 Å². The molecule has 5 nitrogen and oxygen atoms in total. The van der Waals surface area contributed by atoms with Crippen LogP contribution in [0.25, 0.3) is 11.0 Å². The molecule has 2 N–H and O–H groups in total. The smallest absolute Gasteiger partial charge is 0.166 e. The van der Waals surface area contributed by atoms with Crippen LogP contribution in [0.2, 0.25) is 0 Å². The first-order chi connectivity index (χ1) is 9.25. The van der Waals surface area contributed by atoms with Gasteiger partial charge >= 0.3 is 0 Å². The SMILES string of the molecule is CN(c1ncnc2nc(N)ccc12)C1CCCCC1. The Morgan fingerprint density at radius 2 is 1.95 bits per heavy atom. The fourth-order valence-corrected chi connectivity index (χ4v) is 2.87. The number of anilines is 2. The van der Waals surface area contributed by atoms with Crippen LogP contribution >= 0.6 is 0 Å². The molecule has 1 saturated carbocycles. The molecule has 0 amide bonds. The van der Waals surface area contributed by atoms with Crippen LogP contribution in [0.15, 0.2) is 18.5 Å². The summed E-state index contributed by atoms with van der Waals surface area (Å²) >= 11 is 0. The highest BCUT2D eigenvalue weighted by molar-refractivity contribution is 5.87. The van der Waals surface area contributed by atoms with Crippen molar-refractivity contribution in [2.75, 3.05) is 17.7 Å². The van der Waals surface area contributed by atoms with Gasteiger partial charge in [-0.3, -0.25) is 0 Å². The molecule has 0 aromatic carbocycles. The molecular formula is C14H19N5. The van der Waals surface area contributed by atoms with Gasteiger partial charge < -0.3 is 10.6 Å². The lowest BCUT2D eigenvalue weighted by atomic mass is 9.94. The summed E-state index contributed by atoms with van der Waals surface area (Å²) in [4.78, 5) is 15.2. The van der Waals surface area contributed by atoms with Gasteiger partial charge in [-0.25, -0.2) is 15.0 Å². The molecule has 5 heteroatoms. The van der Waals surface area contributed by atoms with Crippen molar-refractivity contribution in [2.45, 2.75) is 38.1 Å². The maximum atomic E-state index is 5.71. The first kappa shape index (κ1) is 12.1. The second kappa shape index (κ2) is 4.99. The van der Waals surface area contributed by atoms with Crippen LogP contribution in [0.4, 0.5) is 11.6 Å². The van der Waals surface area contributed by atoms with Gasteiger partial charge in [-0.05, 0) is 25.0 Å². The number of pyridine rings is 1. The molecule has 0 atom stereocenters. The van der Waals surface area contributed by atoms with Gasteiger partial charge in [0.2, 0.25) is 0 Å². The van der Waals surface area contributed by atoms with Gasteiger partial charge in [0.1, 0.15) is 18.0 Å². The topological polar surface area (TPSA) is 67.9 Å². The summed E-state index contributed by atoms with van der Waals surface area (Å²) in [6.45, 7) is 0. The summed E-state index contributed by atoms with van der Waals surface area (Å²) in [6.07, 6.45) is 8.03. The Labute approximate surface area is 112 Å². The summed E-state index contributed by atoms with van der Waals surface area (Å²) in [5.41, 5.74) is 6.38. The number of nitrogens with two attached hydrogens (primary N) is 1. The molecule has 3 rings (SSSR count). The molecule has 1 fully saturated rings. The molecule has 0 bridgehead atoms. The van der Waals surface area contributed by atoms with Crippen molar-refractivity contribution < 1.29 is 0 Å². The maximum absolute atomic E-state index is 5.71. The summed E-state index contributed by atoms with van der Waals surface area (Å²) < 4.78 is 0. The molecule has 1 aliphatic carbocycles. The minimum atomic E-state index is 0.498. The molecule has 2 aromatic heterocycles. The van der Waals surface area contributed by atoms with Crippen LogP contribution in [-0.4, -0.2) is 28.0 Å². The lowest BCUT2D eigenvalue weighted by Gasteiger charge is -2.32. The third-order valence-corrected chi connectivity index (χ3v) is 3.95. The molecule has 19 heavy (non-hydrogen) atoms. The largest absolute Gasteiger partial charge is 0.384 e. The molecule has 100 valence electrons. The summed E-state index contributed by atoms with van der Waals surface area (Å²) in [6, 6.07) is 4.35. The Bertz CT molecular complexity index is 577. The predicted molar refractivity (Wildman–Crippen MR) is 77.0 cm³/mol. The summed E-state index contributed by atoms with van der Waals surface area (Å²) in [5, 5.41) is 0.977. The number of nitrogens with zero attached hydrogens (tertiary/aromatic N) is 4. The van der Waals surface area contributed by atoms with Gasteiger partial charge in [0.25, 0.3) is 0 Å². The first-order valence-electron chi connectivity index (χ1n) is 6.86. The first-order valence-corrected chi connectivity index (χ1v) is 6.86. The number of aromatic nitrogens is 3. The van der Waals surface area contributed by atoms with Gasteiger partial charge in [-0.2, -0.15) is 0 Å². The van der Waals surface area contributed by atoms with Crippen LogP contribution in [0, 0.1) is 0 Å². The van der Waals surface area contributed by atoms with E-state index in [4.69, 9.17) is 5.73 Å². The van der Waals surface area contributed by atoms with Crippen molar-refractivity contribution in [1.82, 2.24) is 15.0 Å². The lowest BCUT2D eigenvalue weighted by molar-refractivity contribution is 0.426. The Morgan fingerprint density at radius 3 is 2.74 bits per heavy atom. The second-order valence-electron chi connectivity index (χ2n) is 5.21. The van der Waals surface area contributed by atoms with Crippen molar-refractivity contribution in [3.8, 4) is 0 Å². The Morgan fingerprint density at radius 1 is 1.16 bits per heavy atom. The highest BCUT2D eigenvalue weighted by Crippen LogP contribution is 2.28. The van der Waals surface area contributed by atoms with E-state index in [1.807, 2.05) is 12.1 Å². The normalized spacial score (nSPS) is 16.7. The molecule has 0 unspecified atom stereocenters. The second-order valence-corrected chi connectivity index (χ2v) is 5.21. The molecule has 2 aromatic rings. The number of hydrogen-bond donors (Lipinski definition) is 1. The predicted octanol–water partition coefficient (Wildman–Crippen LogP) is 2.38. The number of rotatable bonds is 2. The average molecular weight is 257 g/mol. The third kappa shape index (κ3) is 2.32. The van der Waals surface area contributed by atoms with E-state index < -0.39 is 0 Å². The van der Waals surface area contributed by atoms with Crippen LogP contribution in [-0.2, 0) is 0 Å². The monoisotopic (exact) mass is 257 g/mol. The fourth-order valence-electron chi connectivity index (χ4n) is 2.87. The number of fused-ring (bicyclic) bond motifs is 1. The highest BCUT2D eigenvalue weighted by Gasteiger charge is 2.20. The van der Waals surface area contributed by atoms with Crippen LogP contribution in [0.3, 0.4) is 0 Å². The van der Waals surface area contributed by atoms with Crippen LogP contribution in [0.1, 0.15) is 32.1 Å². The maximum Gasteiger partial charge on any atom is 0.166 e. The average Bonchev–Trinajstić information content (AvgIpc) is 2.46. The minimum Gasteiger partial charge on any atom is -0.384 e. The fraction of sp³-hybridized carbons (Fsp3) is 0.500. The summed E-state index contributed by atoms with van der Waals surface area (Å²) in [7, 11) is 2.12. The molecule has 0 saturated heterocycles. The van der Waals surface area contributed by atoms with E-state index in [-0.39, 0.29) is 0 Å². The lowest BCUT2D eigenvalue weighted by Crippen LogP contribution is -2.34. The summed E-state index contributed by atoms with van der Waals surface area (Å²) in [5.74, 6) is 1.46. The molecule has 0 radical (unpaired) electrons. The van der Waals surface area contributed by atoms with Gasteiger partial charge in [0.15, 0.2) is 5.65 Å². The van der Waals surface area contributed by atoms with E-state index in [1.165, 1.54) is 32.1 Å². The zero-order valence-electron chi connectivity index (χ0n) is 11.2. The van der Waals surface area contributed by atoms with Crippen molar-refractivity contribution in [1.29, 1.82) is 0 Å². The number of nitrogen functional groups attached to an aromatic ring is 1. The molecular weight excluding hydrogens is 238 g/mol. The Kier molecular flexibility index (Phi) is 3.19. The zero-order valence-corrected chi connectivity index (χ0v) is 11.2. The van der Waals surface area contributed by atoms with E-state index in [0.717, 1.165) is 11.2 Å². The quantitative estimate of drug-likeness (QED) is 0.894. The number of hydrogen-bond acceptors (Lipinski definition) is 5. The van der Waals surface area contributed by atoms with E-state index >= 15 is 0 Å². The van der Waals surface area contributed by atoms with E-state index in [0.29, 0.717) is 17.5 Å². The van der Waals surface area contributed by atoms with Gasteiger partial charge in [-0.15, -0.1) is 0 Å². The Hall–Kier alpha value is -1.91. The van der Waals surface area contributed by atoms with Crippen LogP contribution in [0.5, 0.6) is 0 Å². The molecule has 1 aliphatic rings. The zero-order chi connectivity index (χ0) is 13.2. The van der Waals surface area contributed by atoms with Crippen molar-refractivity contribution >= 4 is 22.7 Å². The Balaban J connectivity index is 1.99. The van der Waals surface area contributed by atoms with E-state index in [1.54, 1.807) is 6.33 Å². The minimum absolute atomic E-state index is 0.498.